The van der Waals surface area contributed by atoms with Crippen LogP contribution in [0.3, 0.4) is 0 Å². The van der Waals surface area contributed by atoms with Gasteiger partial charge in [0.25, 0.3) is 5.56 Å². The number of halogens is 1. The fourth-order valence-corrected chi connectivity index (χ4v) is 5.72. The molecule has 1 amide bonds. The second-order valence-electron chi connectivity index (χ2n) is 8.30. The number of aromatic amines is 1. The van der Waals surface area contributed by atoms with Crippen molar-refractivity contribution in [3.05, 3.63) is 38.6 Å². The summed E-state index contributed by atoms with van der Waals surface area (Å²) in [5.41, 5.74) is 0.792. The van der Waals surface area contributed by atoms with Gasteiger partial charge in [-0.15, -0.1) is 11.8 Å². The van der Waals surface area contributed by atoms with E-state index in [2.05, 4.69) is 10.4 Å². The van der Waals surface area contributed by atoms with E-state index in [1.165, 1.54) is 11.8 Å². The molecule has 3 aliphatic rings. The van der Waals surface area contributed by atoms with Gasteiger partial charge in [0.1, 0.15) is 5.82 Å². The number of benzene rings is 1. The molecule has 2 atom stereocenters. The summed E-state index contributed by atoms with van der Waals surface area (Å²) in [5.74, 6) is 1.66. The molecule has 8 nitrogen and oxygen atoms in total. The lowest BCUT2D eigenvalue weighted by Gasteiger charge is -2.36. The normalized spacial score (nSPS) is 24.8. The lowest BCUT2D eigenvalue weighted by atomic mass is 9.94. The van der Waals surface area contributed by atoms with Crippen molar-refractivity contribution in [1.82, 2.24) is 9.78 Å². The van der Waals surface area contributed by atoms with E-state index < -0.39 is 0 Å². The van der Waals surface area contributed by atoms with Crippen molar-refractivity contribution < 1.29 is 19.0 Å². The molecule has 3 aliphatic heterocycles. The third kappa shape index (κ3) is 3.38. The first kappa shape index (κ1) is 19.8. The number of amides is 1. The molecular weight excluding hydrogens is 430 g/mol. The summed E-state index contributed by atoms with van der Waals surface area (Å²) >= 11 is 7.78. The van der Waals surface area contributed by atoms with E-state index in [9.17, 15) is 9.59 Å². The molecule has 0 spiro atoms. The Labute approximate surface area is 182 Å². The average molecular weight is 452 g/mol. The van der Waals surface area contributed by atoms with Crippen LogP contribution in [0.15, 0.2) is 16.9 Å². The standard InChI is InChI=1S/C20H22ClN3O5S/c1-20(2)7-11(3-4-29-20)24-18-15(19(26)23-24)17(30-8-14(25)22-18)10-5-12(21)16-13(6-10)27-9-28-16/h5-6,11,17H,3-4,7-9H2,1-2H3,(H,22,25)(H,23,26)/t11-,17-/m0/s1. The van der Waals surface area contributed by atoms with E-state index in [1.54, 1.807) is 6.07 Å². The predicted molar refractivity (Wildman–Crippen MR) is 114 cm³/mol. The number of hydrogen-bond acceptors (Lipinski definition) is 6. The van der Waals surface area contributed by atoms with E-state index in [0.717, 1.165) is 18.4 Å². The molecule has 10 heteroatoms. The minimum atomic E-state index is -0.371. The van der Waals surface area contributed by atoms with Crippen LogP contribution in [-0.4, -0.2) is 40.4 Å². The highest BCUT2D eigenvalue weighted by Gasteiger charge is 2.36. The predicted octanol–water partition coefficient (Wildman–Crippen LogP) is 3.46. The van der Waals surface area contributed by atoms with Crippen LogP contribution >= 0.6 is 23.4 Å². The van der Waals surface area contributed by atoms with Crippen LogP contribution in [0.2, 0.25) is 5.02 Å². The number of nitrogens with zero attached hydrogens (tertiary/aromatic N) is 1. The summed E-state index contributed by atoms with van der Waals surface area (Å²) in [6.45, 7) is 4.77. The third-order valence-electron chi connectivity index (χ3n) is 5.65. The molecule has 2 N–H and O–H groups in total. The van der Waals surface area contributed by atoms with Crippen molar-refractivity contribution in [2.24, 2.45) is 0 Å². The van der Waals surface area contributed by atoms with Gasteiger partial charge in [0.15, 0.2) is 11.5 Å². The molecule has 4 heterocycles. The average Bonchev–Trinajstić information content (AvgIpc) is 3.22. The van der Waals surface area contributed by atoms with E-state index in [4.69, 9.17) is 25.8 Å². The summed E-state index contributed by atoms with van der Waals surface area (Å²) in [6, 6.07) is 3.63. The molecule has 1 aromatic carbocycles. The highest BCUT2D eigenvalue weighted by atomic mass is 35.5. The van der Waals surface area contributed by atoms with Crippen LogP contribution in [-0.2, 0) is 9.53 Å². The zero-order chi connectivity index (χ0) is 21.0. The molecule has 1 saturated heterocycles. The smallest absolute Gasteiger partial charge is 0.270 e. The Bertz CT molecular complexity index is 1080. The topological polar surface area (TPSA) is 94.6 Å². The van der Waals surface area contributed by atoms with Gasteiger partial charge in [-0.3, -0.25) is 19.4 Å². The minimum absolute atomic E-state index is 0.0228. The van der Waals surface area contributed by atoms with Gasteiger partial charge in [0, 0.05) is 6.61 Å². The van der Waals surface area contributed by atoms with Crippen LogP contribution in [0, 0.1) is 0 Å². The number of fused-ring (bicyclic) bond motifs is 2. The summed E-state index contributed by atoms with van der Waals surface area (Å²) in [4.78, 5) is 25.6. The van der Waals surface area contributed by atoms with Crippen LogP contribution in [0.5, 0.6) is 11.5 Å². The van der Waals surface area contributed by atoms with Crippen molar-refractivity contribution in [3.8, 4) is 11.5 Å². The number of H-pyrrole nitrogens is 1. The van der Waals surface area contributed by atoms with E-state index in [0.29, 0.717) is 34.5 Å². The number of anilines is 1. The Morgan fingerprint density at radius 2 is 2.10 bits per heavy atom. The van der Waals surface area contributed by atoms with Crippen LogP contribution in [0.4, 0.5) is 5.82 Å². The number of thioether (sulfide) groups is 1. The lowest BCUT2D eigenvalue weighted by molar-refractivity contribution is -0.113. The maximum atomic E-state index is 13.1. The maximum absolute atomic E-state index is 13.1. The molecular formula is C20H22ClN3O5S. The number of aromatic nitrogens is 2. The number of rotatable bonds is 2. The minimum Gasteiger partial charge on any atom is -0.454 e. The number of carbonyl (C=O) groups excluding carboxylic acids is 1. The van der Waals surface area contributed by atoms with Gasteiger partial charge in [-0.05, 0) is 44.4 Å². The van der Waals surface area contributed by atoms with Gasteiger partial charge in [0.2, 0.25) is 12.7 Å². The number of carbonyl (C=O) groups is 1. The Balaban J connectivity index is 1.61. The number of ether oxygens (including phenoxy) is 3. The summed E-state index contributed by atoms with van der Waals surface area (Å²) in [5, 5.41) is 5.96. The van der Waals surface area contributed by atoms with Gasteiger partial charge in [0.05, 0.1) is 33.2 Å². The second-order valence-corrected chi connectivity index (χ2v) is 9.80. The van der Waals surface area contributed by atoms with E-state index in [-0.39, 0.29) is 40.9 Å². The quantitative estimate of drug-likeness (QED) is 0.726. The zero-order valence-electron chi connectivity index (χ0n) is 16.6. The molecule has 0 saturated carbocycles. The van der Waals surface area contributed by atoms with Gasteiger partial charge < -0.3 is 19.5 Å². The van der Waals surface area contributed by atoms with E-state index in [1.807, 2.05) is 24.6 Å². The SMILES string of the molecule is CC1(C)C[C@@H](n2[nH]c(=O)c3c2NC(=O)CS[C@H]3c2cc(Cl)c3c(c2)OCO3)CCO1. The molecule has 0 radical (unpaired) electrons. The number of hydrogen-bond donors (Lipinski definition) is 2. The second kappa shape index (κ2) is 7.25. The van der Waals surface area contributed by atoms with Crippen LogP contribution in [0.1, 0.15) is 49.1 Å². The van der Waals surface area contributed by atoms with Crippen molar-refractivity contribution >= 4 is 35.1 Å². The Morgan fingerprint density at radius 3 is 2.90 bits per heavy atom. The first-order valence-corrected chi connectivity index (χ1v) is 11.2. The van der Waals surface area contributed by atoms with Gasteiger partial charge in [-0.1, -0.05) is 11.6 Å². The zero-order valence-corrected chi connectivity index (χ0v) is 18.2. The van der Waals surface area contributed by atoms with Crippen LogP contribution in [0.25, 0.3) is 0 Å². The van der Waals surface area contributed by atoms with Gasteiger partial charge in [-0.25, -0.2) is 0 Å². The molecule has 1 aromatic heterocycles. The highest BCUT2D eigenvalue weighted by Crippen LogP contribution is 2.47. The van der Waals surface area contributed by atoms with Crippen molar-refractivity contribution in [2.75, 3.05) is 24.5 Å². The van der Waals surface area contributed by atoms with Gasteiger partial charge >= 0.3 is 0 Å². The molecule has 0 unspecified atom stereocenters. The monoisotopic (exact) mass is 451 g/mol. The van der Waals surface area contributed by atoms with Crippen molar-refractivity contribution in [1.29, 1.82) is 0 Å². The first-order valence-electron chi connectivity index (χ1n) is 9.81. The third-order valence-corrected chi connectivity index (χ3v) is 7.20. The molecule has 0 aliphatic carbocycles. The molecule has 1 fully saturated rings. The summed E-state index contributed by atoms with van der Waals surface area (Å²) in [6.07, 6.45) is 1.48. The number of nitrogens with one attached hydrogen (secondary N) is 2. The first-order chi connectivity index (χ1) is 14.3. The maximum Gasteiger partial charge on any atom is 0.270 e. The van der Waals surface area contributed by atoms with Crippen molar-refractivity contribution in [2.45, 2.75) is 43.6 Å². The molecule has 30 heavy (non-hydrogen) atoms. The van der Waals surface area contributed by atoms with Crippen LogP contribution < -0.4 is 20.3 Å². The summed E-state index contributed by atoms with van der Waals surface area (Å²) < 4.78 is 18.5. The van der Waals surface area contributed by atoms with Gasteiger partial charge in [-0.2, -0.15) is 0 Å². The Hall–Kier alpha value is -2.10. The molecule has 2 aromatic rings. The summed E-state index contributed by atoms with van der Waals surface area (Å²) in [7, 11) is 0. The fraction of sp³-hybridized carbons (Fsp3) is 0.500. The molecule has 0 bridgehead atoms. The Kier molecular flexibility index (Phi) is 4.79. The lowest BCUT2D eigenvalue weighted by Crippen LogP contribution is -2.36. The van der Waals surface area contributed by atoms with E-state index >= 15 is 0 Å². The molecule has 5 rings (SSSR count). The molecule has 160 valence electrons. The highest BCUT2D eigenvalue weighted by molar-refractivity contribution is 8.00. The fourth-order valence-electron chi connectivity index (χ4n) is 4.34. The Morgan fingerprint density at radius 1 is 1.27 bits per heavy atom. The largest absolute Gasteiger partial charge is 0.454 e. The van der Waals surface area contributed by atoms with Crippen molar-refractivity contribution in [3.63, 3.8) is 0 Å².